The van der Waals surface area contributed by atoms with E-state index in [0.717, 1.165) is 0 Å². The largest absolute Gasteiger partial charge is 0.462 e. The van der Waals surface area contributed by atoms with Crippen molar-refractivity contribution in [3.8, 4) is 6.07 Å². The molecule has 0 aromatic carbocycles. The molecular weight excluding hydrogens is 264 g/mol. The average Bonchev–Trinajstić information content (AvgIpc) is 2.36. The quantitative estimate of drug-likeness (QED) is 0.470. The molecule has 100 valence electrons. The molecule has 0 N–H and O–H groups in total. The lowest BCUT2D eigenvalue weighted by Crippen LogP contribution is -2.14. The first-order valence-corrected chi connectivity index (χ1v) is 4.96. The number of nitriles is 1. The zero-order valence-corrected chi connectivity index (χ0v) is 9.59. The summed E-state index contributed by atoms with van der Waals surface area (Å²) in [5.74, 6) is -1.24. The van der Waals surface area contributed by atoms with E-state index in [2.05, 4.69) is 9.72 Å². The minimum absolute atomic E-state index is 0.130. The van der Waals surface area contributed by atoms with E-state index in [9.17, 15) is 23.7 Å². The van der Waals surface area contributed by atoms with Gasteiger partial charge in [0.05, 0.1) is 11.5 Å². The molecule has 0 radical (unpaired) electrons. The molecule has 0 saturated heterocycles. The number of carbonyl (C=O) groups is 1. The molecule has 19 heavy (non-hydrogen) atoms. The summed E-state index contributed by atoms with van der Waals surface area (Å²) in [6, 6.07) is 1.43. The third-order valence-corrected chi connectivity index (χ3v) is 2.10. The minimum atomic E-state index is -3.31. The molecule has 0 atom stereocenters. The molecule has 1 aromatic heterocycles. The highest BCUT2D eigenvalue weighted by molar-refractivity contribution is 5.94. The molecule has 1 aromatic rings. The van der Waals surface area contributed by atoms with E-state index in [1.165, 1.54) is 13.0 Å². The highest BCUT2D eigenvalue weighted by Gasteiger charge is 2.33. The molecule has 0 fully saturated rings. The van der Waals surface area contributed by atoms with Gasteiger partial charge in [0.2, 0.25) is 0 Å². The molecule has 0 aliphatic carbocycles. The van der Waals surface area contributed by atoms with Crippen LogP contribution in [0, 0.1) is 21.4 Å². The van der Waals surface area contributed by atoms with Gasteiger partial charge in [-0.2, -0.15) is 5.26 Å². The number of ether oxygens (including phenoxy) is 1. The summed E-state index contributed by atoms with van der Waals surface area (Å²) < 4.78 is 30.3. The fraction of sp³-hybridized carbons (Fsp3) is 0.300. The van der Waals surface area contributed by atoms with Gasteiger partial charge in [0, 0.05) is 0 Å². The molecule has 7 nitrogen and oxygen atoms in total. The van der Waals surface area contributed by atoms with Crippen LogP contribution in [0.5, 0.6) is 0 Å². The van der Waals surface area contributed by atoms with Crippen molar-refractivity contribution >= 4 is 11.7 Å². The number of nitro groups is 1. The topological polar surface area (TPSA) is 106 Å². The average molecular weight is 271 g/mol. The SMILES string of the molecule is CCOC(=O)c1c(C#N)ncc([N+](=O)[O-])c1C(F)F. The summed E-state index contributed by atoms with van der Waals surface area (Å²) in [7, 11) is 0. The summed E-state index contributed by atoms with van der Waals surface area (Å²) in [6.07, 6.45) is -2.79. The number of esters is 1. The maximum absolute atomic E-state index is 12.9. The van der Waals surface area contributed by atoms with Crippen molar-refractivity contribution in [3.05, 3.63) is 33.1 Å². The second-order valence-electron chi connectivity index (χ2n) is 3.17. The standard InChI is InChI=1S/C10H7F2N3O4/c1-2-19-10(16)7-5(3-13)14-4-6(15(17)18)8(7)9(11)12/h4,9H,2H2,1H3. The Bertz CT molecular complexity index is 569. The number of hydrogen-bond acceptors (Lipinski definition) is 6. The Morgan fingerprint density at radius 1 is 1.68 bits per heavy atom. The molecular formula is C10H7F2N3O4. The van der Waals surface area contributed by atoms with Gasteiger partial charge in [-0.1, -0.05) is 0 Å². The van der Waals surface area contributed by atoms with Crippen LogP contribution in [0.15, 0.2) is 6.20 Å². The molecule has 9 heteroatoms. The highest BCUT2D eigenvalue weighted by atomic mass is 19.3. The Kier molecular flexibility index (Phi) is 4.41. The first kappa shape index (κ1) is 14.4. The number of nitrogens with zero attached hydrogens (tertiary/aromatic N) is 3. The van der Waals surface area contributed by atoms with E-state index in [1.807, 2.05) is 0 Å². The molecule has 0 aliphatic heterocycles. The molecule has 1 heterocycles. The van der Waals surface area contributed by atoms with Crippen LogP contribution in [0.2, 0.25) is 0 Å². The van der Waals surface area contributed by atoms with Crippen LogP contribution in [-0.4, -0.2) is 22.5 Å². The first-order valence-electron chi connectivity index (χ1n) is 4.96. The predicted molar refractivity (Wildman–Crippen MR) is 56.5 cm³/mol. The molecule has 0 amide bonds. The monoisotopic (exact) mass is 271 g/mol. The Balaban J connectivity index is 3.63. The number of pyridine rings is 1. The summed E-state index contributed by atoms with van der Waals surface area (Å²) in [4.78, 5) is 24.4. The Morgan fingerprint density at radius 2 is 2.32 bits per heavy atom. The van der Waals surface area contributed by atoms with E-state index in [1.54, 1.807) is 0 Å². The second-order valence-corrected chi connectivity index (χ2v) is 3.17. The van der Waals surface area contributed by atoms with Gasteiger partial charge in [0.1, 0.15) is 23.4 Å². The Morgan fingerprint density at radius 3 is 2.74 bits per heavy atom. The van der Waals surface area contributed by atoms with Gasteiger partial charge in [-0.25, -0.2) is 18.6 Å². The number of hydrogen-bond donors (Lipinski definition) is 0. The summed E-state index contributed by atoms with van der Waals surface area (Å²) in [5.41, 5.74) is -3.69. The van der Waals surface area contributed by atoms with E-state index in [4.69, 9.17) is 5.26 Å². The van der Waals surface area contributed by atoms with Crippen molar-refractivity contribution in [2.24, 2.45) is 0 Å². The van der Waals surface area contributed by atoms with Crippen molar-refractivity contribution in [1.29, 1.82) is 5.26 Å². The van der Waals surface area contributed by atoms with Crippen LogP contribution in [0.4, 0.5) is 14.5 Å². The molecule has 0 saturated carbocycles. The predicted octanol–water partition coefficient (Wildman–Crippen LogP) is 1.98. The Hall–Kier alpha value is -2.63. The number of carbonyl (C=O) groups excluding carboxylic acids is 1. The van der Waals surface area contributed by atoms with Crippen LogP contribution < -0.4 is 0 Å². The zero-order chi connectivity index (χ0) is 14.6. The van der Waals surface area contributed by atoms with Crippen molar-refractivity contribution in [2.75, 3.05) is 6.61 Å². The highest BCUT2D eigenvalue weighted by Crippen LogP contribution is 2.33. The lowest BCUT2D eigenvalue weighted by molar-refractivity contribution is -0.386. The molecule has 0 aliphatic rings. The smallest absolute Gasteiger partial charge is 0.341 e. The van der Waals surface area contributed by atoms with Gasteiger partial charge >= 0.3 is 5.97 Å². The Labute approximate surface area is 105 Å². The molecule has 0 spiro atoms. The van der Waals surface area contributed by atoms with Crippen molar-refractivity contribution < 1.29 is 23.2 Å². The number of aromatic nitrogens is 1. The van der Waals surface area contributed by atoms with Crippen molar-refractivity contribution in [3.63, 3.8) is 0 Å². The van der Waals surface area contributed by atoms with Gasteiger partial charge in [-0.15, -0.1) is 0 Å². The lowest BCUT2D eigenvalue weighted by atomic mass is 10.1. The first-order chi connectivity index (χ1) is 8.93. The van der Waals surface area contributed by atoms with Crippen LogP contribution in [-0.2, 0) is 4.74 Å². The maximum atomic E-state index is 12.9. The third-order valence-electron chi connectivity index (χ3n) is 2.10. The van der Waals surface area contributed by atoms with Crippen molar-refractivity contribution in [2.45, 2.75) is 13.3 Å². The molecule has 0 unspecified atom stereocenters. The van der Waals surface area contributed by atoms with Gasteiger partial charge in [-0.05, 0) is 6.92 Å². The number of alkyl halides is 2. The second kappa shape index (κ2) is 5.81. The summed E-state index contributed by atoms with van der Waals surface area (Å²) in [6.45, 7) is 1.30. The number of rotatable bonds is 4. The normalized spacial score (nSPS) is 10.1. The zero-order valence-electron chi connectivity index (χ0n) is 9.59. The van der Waals surface area contributed by atoms with Crippen LogP contribution in [0.3, 0.4) is 0 Å². The number of halogens is 2. The van der Waals surface area contributed by atoms with Crippen LogP contribution in [0.1, 0.15) is 35.0 Å². The fourth-order valence-corrected chi connectivity index (χ4v) is 1.38. The van der Waals surface area contributed by atoms with Gasteiger partial charge in [-0.3, -0.25) is 10.1 Å². The van der Waals surface area contributed by atoms with E-state index in [-0.39, 0.29) is 6.61 Å². The maximum Gasteiger partial charge on any atom is 0.341 e. The lowest BCUT2D eigenvalue weighted by Gasteiger charge is -2.09. The van der Waals surface area contributed by atoms with Crippen LogP contribution in [0.25, 0.3) is 0 Å². The van der Waals surface area contributed by atoms with E-state index < -0.39 is 39.8 Å². The van der Waals surface area contributed by atoms with Gasteiger partial charge in [0.15, 0.2) is 5.69 Å². The third kappa shape index (κ3) is 2.79. The van der Waals surface area contributed by atoms with Crippen molar-refractivity contribution in [1.82, 2.24) is 4.98 Å². The molecule has 0 bridgehead atoms. The summed E-state index contributed by atoms with van der Waals surface area (Å²) >= 11 is 0. The van der Waals surface area contributed by atoms with Gasteiger partial charge < -0.3 is 4.74 Å². The van der Waals surface area contributed by atoms with Gasteiger partial charge in [0.25, 0.3) is 12.1 Å². The minimum Gasteiger partial charge on any atom is -0.462 e. The van der Waals surface area contributed by atoms with Crippen LogP contribution >= 0.6 is 0 Å². The molecule has 1 rings (SSSR count). The van der Waals surface area contributed by atoms with E-state index >= 15 is 0 Å². The summed E-state index contributed by atoms with van der Waals surface area (Å²) in [5, 5.41) is 19.4. The van der Waals surface area contributed by atoms with E-state index in [0.29, 0.717) is 6.20 Å². The fourth-order valence-electron chi connectivity index (χ4n) is 1.38.